The first kappa shape index (κ1) is 21.4. The second kappa shape index (κ2) is 10.5. The van der Waals surface area contributed by atoms with Crippen LogP contribution in [-0.2, 0) is 13.1 Å². The summed E-state index contributed by atoms with van der Waals surface area (Å²) in [4.78, 5) is 13.3. The fourth-order valence-corrected chi connectivity index (χ4v) is 3.76. The van der Waals surface area contributed by atoms with Crippen LogP contribution in [0.2, 0.25) is 5.02 Å². The Labute approximate surface area is 179 Å². The fourth-order valence-electron chi connectivity index (χ4n) is 3.52. The lowest BCUT2D eigenvalue weighted by molar-refractivity contribution is 0.345. The molecule has 1 aliphatic heterocycles. The van der Waals surface area contributed by atoms with Gasteiger partial charge in [-0.2, -0.15) is 0 Å². The van der Waals surface area contributed by atoms with Gasteiger partial charge in [-0.05, 0) is 43.3 Å². The molecule has 6 nitrogen and oxygen atoms in total. The fraction of sp³-hybridized carbons (Fsp3) is 0.455. The summed E-state index contributed by atoms with van der Waals surface area (Å²) in [5, 5.41) is 7.67. The molecule has 1 saturated heterocycles. The second-order valence-electron chi connectivity index (χ2n) is 7.46. The van der Waals surface area contributed by atoms with Crippen LogP contribution in [0.3, 0.4) is 0 Å². The molecule has 1 aliphatic rings. The van der Waals surface area contributed by atoms with Crippen LogP contribution in [0.1, 0.15) is 24.5 Å². The smallest absolute Gasteiger partial charge is 0.191 e. The average Bonchev–Trinajstić information content (AvgIpc) is 3.20. The molecule has 0 radical (unpaired) electrons. The monoisotopic (exact) mass is 414 g/mol. The predicted molar refractivity (Wildman–Crippen MR) is 122 cm³/mol. The van der Waals surface area contributed by atoms with Crippen LogP contribution in [-0.4, -0.2) is 55.6 Å². The molecule has 1 fully saturated rings. The molecule has 0 saturated carbocycles. The highest BCUT2D eigenvalue weighted by molar-refractivity contribution is 6.32. The minimum Gasteiger partial charge on any atom is -0.353 e. The van der Waals surface area contributed by atoms with Crippen LogP contribution in [0.25, 0.3) is 0 Å². The Bertz CT molecular complexity index is 824. The van der Waals surface area contributed by atoms with Gasteiger partial charge in [0, 0.05) is 45.5 Å². The molecular formula is C22H31ClN6. The Morgan fingerprint density at radius 1 is 1.31 bits per heavy atom. The molecule has 7 heteroatoms. The second-order valence-corrected chi connectivity index (χ2v) is 7.87. The highest BCUT2D eigenvalue weighted by Crippen LogP contribution is 2.25. The number of nitrogens with one attached hydrogen (secondary N) is 2. The van der Waals surface area contributed by atoms with Crippen LogP contribution in [0, 0.1) is 0 Å². The largest absolute Gasteiger partial charge is 0.353 e. The molecule has 156 valence electrons. The van der Waals surface area contributed by atoms with E-state index in [1.807, 2.05) is 19.2 Å². The van der Waals surface area contributed by atoms with Gasteiger partial charge in [0.15, 0.2) is 5.96 Å². The summed E-state index contributed by atoms with van der Waals surface area (Å²) in [6, 6.07) is 12.8. The lowest BCUT2D eigenvalue weighted by Gasteiger charge is -2.20. The summed E-state index contributed by atoms with van der Waals surface area (Å²) in [7, 11) is 3.95. The first-order valence-electron chi connectivity index (χ1n) is 10.2. The minimum absolute atomic E-state index is 0.309. The molecule has 1 atom stereocenters. The minimum atomic E-state index is 0.309. The van der Waals surface area contributed by atoms with Crippen molar-refractivity contribution in [3.05, 3.63) is 58.7 Å². The van der Waals surface area contributed by atoms with E-state index in [9.17, 15) is 0 Å². The van der Waals surface area contributed by atoms with E-state index < -0.39 is 0 Å². The van der Waals surface area contributed by atoms with Crippen molar-refractivity contribution in [3.8, 4) is 0 Å². The Balaban J connectivity index is 1.51. The van der Waals surface area contributed by atoms with Gasteiger partial charge in [-0.1, -0.05) is 42.8 Å². The molecule has 1 unspecified atom stereocenters. The average molecular weight is 415 g/mol. The van der Waals surface area contributed by atoms with Gasteiger partial charge in [0.05, 0.1) is 5.02 Å². The van der Waals surface area contributed by atoms with E-state index in [4.69, 9.17) is 11.6 Å². The van der Waals surface area contributed by atoms with Gasteiger partial charge < -0.3 is 20.4 Å². The van der Waals surface area contributed by atoms with Crippen LogP contribution in [0.4, 0.5) is 5.82 Å². The molecule has 2 heterocycles. The normalized spacial score (nSPS) is 17.1. The molecule has 0 amide bonds. The summed E-state index contributed by atoms with van der Waals surface area (Å²) >= 11 is 6.29. The molecule has 0 aliphatic carbocycles. The summed E-state index contributed by atoms with van der Waals surface area (Å²) < 4.78 is 0. The molecule has 1 aromatic heterocycles. The predicted octanol–water partition coefficient (Wildman–Crippen LogP) is 3.13. The Morgan fingerprint density at radius 3 is 2.90 bits per heavy atom. The number of aromatic nitrogens is 1. The molecule has 2 N–H and O–H groups in total. The van der Waals surface area contributed by atoms with E-state index in [2.05, 4.69) is 68.6 Å². The standard InChI is InChI=1S/C22H31ClN6/c1-4-28(3)15-18-8-5-7-17(13-18)14-26-22(24-2)27-19-10-12-29(16-19)21-20(23)9-6-11-25-21/h5-9,11,13,19H,4,10,12,14-16H2,1-3H3,(H2,24,26,27). The number of aliphatic imine (C=N–C) groups is 1. The van der Waals surface area contributed by atoms with Crippen molar-refractivity contribution in [1.82, 2.24) is 20.5 Å². The van der Waals surface area contributed by atoms with Crippen molar-refractivity contribution in [2.24, 2.45) is 4.99 Å². The van der Waals surface area contributed by atoms with E-state index in [1.165, 1.54) is 11.1 Å². The number of hydrogen-bond acceptors (Lipinski definition) is 4. The first-order valence-corrected chi connectivity index (χ1v) is 10.6. The van der Waals surface area contributed by atoms with Crippen LogP contribution < -0.4 is 15.5 Å². The molecule has 0 bridgehead atoms. The summed E-state index contributed by atoms with van der Waals surface area (Å²) in [5.41, 5.74) is 2.58. The maximum Gasteiger partial charge on any atom is 0.191 e. The SMILES string of the molecule is CCN(C)Cc1cccc(CNC(=NC)NC2CCN(c3ncccc3Cl)C2)c1. The van der Waals surface area contributed by atoms with Crippen molar-refractivity contribution in [1.29, 1.82) is 0 Å². The Kier molecular flexibility index (Phi) is 7.72. The Hall–Kier alpha value is -2.31. The van der Waals surface area contributed by atoms with Crippen molar-refractivity contribution in [2.75, 3.05) is 38.6 Å². The van der Waals surface area contributed by atoms with Crippen LogP contribution in [0.5, 0.6) is 0 Å². The quantitative estimate of drug-likeness (QED) is 0.538. The number of hydrogen-bond donors (Lipinski definition) is 2. The lowest BCUT2D eigenvalue weighted by atomic mass is 10.1. The third-order valence-corrected chi connectivity index (χ3v) is 5.53. The number of anilines is 1. The highest BCUT2D eigenvalue weighted by Gasteiger charge is 2.25. The van der Waals surface area contributed by atoms with Gasteiger partial charge >= 0.3 is 0 Å². The molecule has 2 aromatic rings. The van der Waals surface area contributed by atoms with Gasteiger partial charge in [-0.15, -0.1) is 0 Å². The zero-order chi connectivity index (χ0) is 20.6. The van der Waals surface area contributed by atoms with E-state index in [-0.39, 0.29) is 0 Å². The van der Waals surface area contributed by atoms with Crippen LogP contribution in [0.15, 0.2) is 47.6 Å². The number of halogens is 1. The Morgan fingerprint density at radius 2 is 2.14 bits per heavy atom. The molecule has 29 heavy (non-hydrogen) atoms. The molecule has 3 rings (SSSR count). The van der Waals surface area contributed by atoms with Gasteiger partial charge in [0.25, 0.3) is 0 Å². The van der Waals surface area contributed by atoms with E-state index in [0.29, 0.717) is 11.1 Å². The summed E-state index contributed by atoms with van der Waals surface area (Å²) in [6.07, 6.45) is 2.81. The topological polar surface area (TPSA) is 55.8 Å². The summed E-state index contributed by atoms with van der Waals surface area (Å²) in [6.45, 7) is 6.71. The lowest BCUT2D eigenvalue weighted by Crippen LogP contribution is -2.44. The van der Waals surface area contributed by atoms with E-state index >= 15 is 0 Å². The van der Waals surface area contributed by atoms with Gasteiger partial charge in [0.1, 0.15) is 5.82 Å². The number of pyridine rings is 1. The van der Waals surface area contributed by atoms with Crippen molar-refractivity contribution < 1.29 is 0 Å². The number of benzene rings is 1. The number of rotatable bonds is 7. The molecule has 0 spiro atoms. The van der Waals surface area contributed by atoms with Gasteiger partial charge in [0.2, 0.25) is 0 Å². The zero-order valence-electron chi connectivity index (χ0n) is 17.5. The van der Waals surface area contributed by atoms with Crippen molar-refractivity contribution >= 4 is 23.4 Å². The van der Waals surface area contributed by atoms with E-state index in [0.717, 1.165) is 50.9 Å². The van der Waals surface area contributed by atoms with Gasteiger partial charge in [-0.3, -0.25) is 4.99 Å². The van der Waals surface area contributed by atoms with Crippen molar-refractivity contribution in [3.63, 3.8) is 0 Å². The number of guanidine groups is 1. The first-order chi connectivity index (χ1) is 14.1. The third-order valence-electron chi connectivity index (χ3n) is 5.23. The highest BCUT2D eigenvalue weighted by atomic mass is 35.5. The van der Waals surface area contributed by atoms with Crippen LogP contribution >= 0.6 is 11.6 Å². The molecular weight excluding hydrogens is 384 g/mol. The molecule has 1 aromatic carbocycles. The van der Waals surface area contributed by atoms with E-state index in [1.54, 1.807) is 6.20 Å². The summed E-state index contributed by atoms with van der Waals surface area (Å²) in [5.74, 6) is 1.68. The number of nitrogens with zero attached hydrogens (tertiary/aromatic N) is 4. The zero-order valence-corrected chi connectivity index (χ0v) is 18.3. The van der Waals surface area contributed by atoms with Crippen molar-refractivity contribution in [2.45, 2.75) is 32.5 Å². The maximum absolute atomic E-state index is 6.29. The third kappa shape index (κ3) is 6.08. The maximum atomic E-state index is 6.29. The van der Waals surface area contributed by atoms with Gasteiger partial charge in [-0.25, -0.2) is 4.98 Å².